The average Bonchev–Trinajstić information content (AvgIpc) is 3.48. The van der Waals surface area contributed by atoms with Crippen LogP contribution in [0.4, 0.5) is 0 Å². The number of carbonyl (C=O) groups is 2. The summed E-state index contributed by atoms with van der Waals surface area (Å²) in [6.45, 7) is 0.550. The maximum absolute atomic E-state index is 12.9. The molecule has 3 fully saturated rings. The molecule has 2 aliphatic carbocycles. The number of aromatic amines is 1. The quantitative estimate of drug-likeness (QED) is 0.843. The number of aromatic nitrogens is 2. The van der Waals surface area contributed by atoms with Crippen LogP contribution in [0.15, 0.2) is 16.9 Å². The number of piperidine rings is 1. The van der Waals surface area contributed by atoms with Crippen molar-refractivity contribution in [3.63, 3.8) is 0 Å². The molecule has 0 aromatic carbocycles. The van der Waals surface area contributed by atoms with Crippen molar-refractivity contribution in [3.05, 3.63) is 28.2 Å². The standard InChI is InChI=1S/C20H28N4O3/c25-18-10-9-15(22-23-18)20(27)24-11-5-4-8-17(24)19(26)21-16-12-14(16)13-6-2-1-3-7-13/h9-10,13-14,16-17H,1-8,11-12H2,(H,21,26)(H,23,25)/t14-,16-,17-/m1/s1. The van der Waals surface area contributed by atoms with E-state index in [1.165, 1.54) is 44.2 Å². The molecule has 3 aliphatic rings. The Morgan fingerprint density at radius 3 is 2.59 bits per heavy atom. The number of carbonyl (C=O) groups excluding carboxylic acids is 2. The van der Waals surface area contributed by atoms with Crippen molar-refractivity contribution in [2.45, 2.75) is 69.9 Å². The monoisotopic (exact) mass is 372 g/mol. The molecule has 0 bridgehead atoms. The van der Waals surface area contributed by atoms with Gasteiger partial charge in [-0.2, -0.15) is 5.10 Å². The Kier molecular flexibility index (Phi) is 5.27. The number of likely N-dealkylation sites (tertiary alicyclic amines) is 1. The van der Waals surface area contributed by atoms with Gasteiger partial charge in [-0.1, -0.05) is 32.1 Å². The van der Waals surface area contributed by atoms with Crippen LogP contribution in [0.2, 0.25) is 0 Å². The van der Waals surface area contributed by atoms with Crippen molar-refractivity contribution >= 4 is 11.8 Å². The van der Waals surface area contributed by atoms with Crippen molar-refractivity contribution in [2.75, 3.05) is 6.54 Å². The normalized spacial score (nSPS) is 28.6. The van der Waals surface area contributed by atoms with Gasteiger partial charge in [0.2, 0.25) is 5.91 Å². The summed E-state index contributed by atoms with van der Waals surface area (Å²) in [6.07, 6.45) is 10.2. The number of H-pyrrole nitrogens is 1. The Morgan fingerprint density at radius 2 is 1.85 bits per heavy atom. The summed E-state index contributed by atoms with van der Waals surface area (Å²) in [4.78, 5) is 38.5. The summed E-state index contributed by atoms with van der Waals surface area (Å²) in [5.41, 5.74) is -0.164. The number of nitrogens with one attached hydrogen (secondary N) is 2. The van der Waals surface area contributed by atoms with E-state index in [0.717, 1.165) is 25.2 Å². The van der Waals surface area contributed by atoms with Gasteiger partial charge in [-0.05, 0) is 43.6 Å². The Bertz CT molecular complexity index is 735. The largest absolute Gasteiger partial charge is 0.351 e. The Morgan fingerprint density at radius 1 is 1.07 bits per heavy atom. The molecule has 1 aliphatic heterocycles. The van der Waals surface area contributed by atoms with E-state index in [2.05, 4.69) is 15.5 Å². The predicted molar refractivity (Wildman–Crippen MR) is 100 cm³/mol. The predicted octanol–water partition coefficient (Wildman–Crippen LogP) is 1.85. The van der Waals surface area contributed by atoms with Gasteiger partial charge < -0.3 is 10.2 Å². The lowest BCUT2D eigenvalue weighted by Crippen LogP contribution is -2.52. The molecule has 2 N–H and O–H groups in total. The molecule has 2 amide bonds. The highest BCUT2D eigenvalue weighted by Crippen LogP contribution is 2.44. The van der Waals surface area contributed by atoms with Gasteiger partial charge >= 0.3 is 0 Å². The molecule has 0 unspecified atom stereocenters. The number of hydrogen-bond donors (Lipinski definition) is 2. The van der Waals surface area contributed by atoms with Crippen molar-refractivity contribution in [2.24, 2.45) is 11.8 Å². The molecule has 3 atom stereocenters. The van der Waals surface area contributed by atoms with E-state index in [4.69, 9.17) is 0 Å². The maximum Gasteiger partial charge on any atom is 0.274 e. The second kappa shape index (κ2) is 7.82. The first kappa shape index (κ1) is 18.2. The summed E-state index contributed by atoms with van der Waals surface area (Å²) < 4.78 is 0. The maximum atomic E-state index is 12.9. The number of hydrogen-bond acceptors (Lipinski definition) is 4. The van der Waals surface area contributed by atoms with Gasteiger partial charge in [0.1, 0.15) is 11.7 Å². The highest BCUT2D eigenvalue weighted by atomic mass is 16.2. The van der Waals surface area contributed by atoms with Crippen LogP contribution in [0.3, 0.4) is 0 Å². The van der Waals surface area contributed by atoms with Gasteiger partial charge in [-0.15, -0.1) is 0 Å². The summed E-state index contributed by atoms with van der Waals surface area (Å²) in [5.74, 6) is 1.07. The van der Waals surface area contributed by atoms with Crippen LogP contribution >= 0.6 is 0 Å². The molecule has 7 nitrogen and oxygen atoms in total. The van der Waals surface area contributed by atoms with E-state index < -0.39 is 6.04 Å². The van der Waals surface area contributed by atoms with Crippen molar-refractivity contribution in [1.29, 1.82) is 0 Å². The summed E-state index contributed by atoms with van der Waals surface area (Å²) in [6, 6.07) is 2.56. The fourth-order valence-corrected chi connectivity index (χ4v) is 4.80. The van der Waals surface area contributed by atoms with E-state index in [-0.39, 0.29) is 29.1 Å². The molecular formula is C20H28N4O3. The molecular weight excluding hydrogens is 344 g/mol. The van der Waals surface area contributed by atoms with Gasteiger partial charge in [0.05, 0.1) is 0 Å². The minimum absolute atomic E-state index is 0.0317. The lowest BCUT2D eigenvalue weighted by Gasteiger charge is -2.34. The van der Waals surface area contributed by atoms with E-state index in [1.807, 2.05) is 0 Å². The first-order valence-electron chi connectivity index (χ1n) is 10.3. The molecule has 7 heteroatoms. The minimum Gasteiger partial charge on any atom is -0.351 e. The minimum atomic E-state index is -0.437. The molecule has 1 aromatic heterocycles. The first-order chi connectivity index (χ1) is 13.1. The van der Waals surface area contributed by atoms with Gasteiger partial charge in [0.25, 0.3) is 11.5 Å². The second-order valence-electron chi connectivity index (χ2n) is 8.23. The van der Waals surface area contributed by atoms with Gasteiger partial charge in [-0.3, -0.25) is 14.4 Å². The van der Waals surface area contributed by atoms with Crippen molar-refractivity contribution < 1.29 is 9.59 Å². The molecule has 1 saturated heterocycles. The zero-order valence-electron chi connectivity index (χ0n) is 15.7. The first-order valence-corrected chi connectivity index (χ1v) is 10.3. The molecule has 27 heavy (non-hydrogen) atoms. The molecule has 0 spiro atoms. The lowest BCUT2D eigenvalue weighted by molar-refractivity contribution is -0.126. The molecule has 4 rings (SSSR count). The molecule has 0 radical (unpaired) electrons. The van der Waals surface area contributed by atoms with Crippen LogP contribution < -0.4 is 10.9 Å². The van der Waals surface area contributed by atoms with E-state index in [0.29, 0.717) is 18.9 Å². The zero-order chi connectivity index (χ0) is 18.8. The number of nitrogens with zero attached hydrogens (tertiary/aromatic N) is 2. The van der Waals surface area contributed by atoms with E-state index in [9.17, 15) is 14.4 Å². The van der Waals surface area contributed by atoms with Gasteiger partial charge in [-0.25, -0.2) is 5.10 Å². The molecule has 2 saturated carbocycles. The van der Waals surface area contributed by atoms with E-state index >= 15 is 0 Å². The third-order valence-corrected chi connectivity index (χ3v) is 6.39. The highest BCUT2D eigenvalue weighted by molar-refractivity contribution is 5.96. The summed E-state index contributed by atoms with van der Waals surface area (Å²) >= 11 is 0. The van der Waals surface area contributed by atoms with E-state index in [1.54, 1.807) is 4.90 Å². The average molecular weight is 372 g/mol. The second-order valence-corrected chi connectivity index (χ2v) is 8.23. The zero-order valence-corrected chi connectivity index (χ0v) is 15.7. The number of rotatable bonds is 4. The van der Waals surface area contributed by atoms with Crippen LogP contribution in [0.1, 0.15) is 68.3 Å². The fourth-order valence-electron chi connectivity index (χ4n) is 4.80. The Hall–Kier alpha value is -2.18. The smallest absolute Gasteiger partial charge is 0.274 e. The SMILES string of the molecule is O=C(N[C@@H]1C[C@@H]1C1CCCCC1)[C@H]1CCCCN1C(=O)c1ccc(=O)[nH]n1. The summed E-state index contributed by atoms with van der Waals surface area (Å²) in [5, 5.41) is 9.33. The third kappa shape index (κ3) is 4.06. The molecule has 2 heterocycles. The highest BCUT2D eigenvalue weighted by Gasteiger charge is 2.45. The van der Waals surface area contributed by atoms with Gasteiger partial charge in [0, 0.05) is 18.7 Å². The number of amides is 2. The molecule has 1 aromatic rings. The fraction of sp³-hybridized carbons (Fsp3) is 0.700. The van der Waals surface area contributed by atoms with Crippen LogP contribution in [0, 0.1) is 11.8 Å². The van der Waals surface area contributed by atoms with Gasteiger partial charge in [0.15, 0.2) is 0 Å². The van der Waals surface area contributed by atoms with Crippen LogP contribution in [0.25, 0.3) is 0 Å². The van der Waals surface area contributed by atoms with Crippen molar-refractivity contribution in [3.8, 4) is 0 Å². The molecule has 146 valence electrons. The lowest BCUT2D eigenvalue weighted by atomic mass is 9.85. The Labute approximate surface area is 158 Å². The topological polar surface area (TPSA) is 95.2 Å². The van der Waals surface area contributed by atoms with Crippen molar-refractivity contribution in [1.82, 2.24) is 20.4 Å². The summed E-state index contributed by atoms with van der Waals surface area (Å²) in [7, 11) is 0. The van der Waals surface area contributed by atoms with Crippen LogP contribution in [0.5, 0.6) is 0 Å². The van der Waals surface area contributed by atoms with Crippen LogP contribution in [-0.4, -0.2) is 45.5 Å². The third-order valence-electron chi connectivity index (χ3n) is 6.39. The Balaban J connectivity index is 1.38. The van der Waals surface area contributed by atoms with Crippen LogP contribution in [-0.2, 0) is 4.79 Å².